The Balaban J connectivity index is 1.53. The fourth-order valence-electron chi connectivity index (χ4n) is 4.95. The standard InChI is InChI=1S/C31H35F4N3O3S/c1-30(2,3)36-19-20-10-15-26-22(16-20)6-4-9-27(26)37-29(39)18-28(21-11-13-24(32)14-12-21)38-42(40,41)25-8-5-7-23(17-25)31(33,34)35/h5,7-8,10-17,27-28,36,38H,4,6,9,18-19H2,1-3H3,(H,37,39)/t27-,28+/m1/s1. The van der Waals surface area contributed by atoms with Gasteiger partial charge in [-0.25, -0.2) is 17.5 Å². The van der Waals surface area contributed by atoms with E-state index in [4.69, 9.17) is 0 Å². The Morgan fingerprint density at radius 2 is 1.71 bits per heavy atom. The first-order chi connectivity index (χ1) is 19.6. The molecule has 3 aromatic rings. The maximum Gasteiger partial charge on any atom is 0.416 e. The predicted molar refractivity (Wildman–Crippen MR) is 152 cm³/mol. The van der Waals surface area contributed by atoms with E-state index in [1.54, 1.807) is 0 Å². The van der Waals surface area contributed by atoms with Crippen molar-refractivity contribution in [2.75, 3.05) is 0 Å². The second-order valence-electron chi connectivity index (χ2n) is 11.6. The van der Waals surface area contributed by atoms with Crippen LogP contribution in [0, 0.1) is 5.82 Å². The van der Waals surface area contributed by atoms with Crippen molar-refractivity contribution in [3.05, 3.63) is 100 Å². The van der Waals surface area contributed by atoms with E-state index in [-0.39, 0.29) is 18.0 Å². The molecule has 0 unspecified atom stereocenters. The van der Waals surface area contributed by atoms with Gasteiger partial charge in [0.15, 0.2) is 0 Å². The number of fused-ring (bicyclic) bond motifs is 1. The van der Waals surface area contributed by atoms with Gasteiger partial charge in [0.2, 0.25) is 15.9 Å². The van der Waals surface area contributed by atoms with Crippen molar-refractivity contribution in [1.82, 2.24) is 15.4 Å². The summed E-state index contributed by atoms with van der Waals surface area (Å²) in [6.45, 7) is 6.99. The van der Waals surface area contributed by atoms with Crippen LogP contribution in [0.5, 0.6) is 0 Å². The van der Waals surface area contributed by atoms with Gasteiger partial charge in [-0.05, 0) is 92.6 Å². The largest absolute Gasteiger partial charge is 0.416 e. The Bertz CT molecular complexity index is 1520. The molecule has 0 saturated heterocycles. The Hall–Kier alpha value is -3.28. The second kappa shape index (κ2) is 12.5. The van der Waals surface area contributed by atoms with E-state index in [1.165, 1.54) is 12.1 Å². The molecule has 42 heavy (non-hydrogen) atoms. The zero-order valence-electron chi connectivity index (χ0n) is 23.7. The third kappa shape index (κ3) is 8.39. The third-order valence-corrected chi connectivity index (χ3v) is 8.58. The van der Waals surface area contributed by atoms with Gasteiger partial charge < -0.3 is 10.6 Å². The molecule has 1 amide bonds. The van der Waals surface area contributed by atoms with E-state index in [9.17, 15) is 30.8 Å². The van der Waals surface area contributed by atoms with E-state index in [0.29, 0.717) is 24.6 Å². The summed E-state index contributed by atoms with van der Waals surface area (Å²) in [4.78, 5) is 12.7. The summed E-state index contributed by atoms with van der Waals surface area (Å²) in [6.07, 6.45) is -2.64. The summed E-state index contributed by atoms with van der Waals surface area (Å²) in [6, 6.07) is 13.0. The molecule has 11 heteroatoms. The summed E-state index contributed by atoms with van der Waals surface area (Å²) >= 11 is 0. The molecular weight excluding hydrogens is 570 g/mol. The fraction of sp³-hybridized carbons (Fsp3) is 0.387. The summed E-state index contributed by atoms with van der Waals surface area (Å²) in [7, 11) is -4.48. The van der Waals surface area contributed by atoms with Crippen molar-refractivity contribution in [2.45, 2.75) is 81.7 Å². The molecule has 226 valence electrons. The molecule has 0 spiro atoms. The van der Waals surface area contributed by atoms with E-state index >= 15 is 0 Å². The van der Waals surface area contributed by atoms with Crippen molar-refractivity contribution in [3.63, 3.8) is 0 Å². The SMILES string of the molecule is CC(C)(C)NCc1ccc2c(c1)CCC[C@H]2NC(=O)C[C@H](NS(=O)(=O)c1cccc(C(F)(F)F)c1)c1ccc(F)cc1. The molecule has 2 atom stereocenters. The molecule has 1 aliphatic rings. The minimum absolute atomic E-state index is 0.0316. The van der Waals surface area contributed by atoms with Crippen LogP contribution in [-0.2, 0) is 34.0 Å². The molecule has 0 bridgehead atoms. The monoisotopic (exact) mass is 605 g/mol. The molecular formula is C31H35F4N3O3S. The van der Waals surface area contributed by atoms with Crippen LogP contribution >= 0.6 is 0 Å². The molecule has 0 aliphatic heterocycles. The minimum atomic E-state index is -4.73. The Morgan fingerprint density at radius 1 is 1.00 bits per heavy atom. The molecule has 3 aromatic carbocycles. The number of hydrogen-bond donors (Lipinski definition) is 3. The molecule has 0 fully saturated rings. The number of amides is 1. The molecule has 0 radical (unpaired) electrons. The molecule has 3 N–H and O–H groups in total. The molecule has 0 heterocycles. The number of alkyl halides is 3. The molecule has 0 saturated carbocycles. The number of hydrogen-bond acceptors (Lipinski definition) is 4. The Kier molecular flexibility index (Phi) is 9.44. The number of rotatable bonds is 9. The predicted octanol–water partition coefficient (Wildman–Crippen LogP) is 6.34. The number of nitrogens with one attached hydrogen (secondary N) is 3. The van der Waals surface area contributed by atoms with Crippen molar-refractivity contribution in [3.8, 4) is 0 Å². The van der Waals surface area contributed by atoms with Crippen LogP contribution in [0.4, 0.5) is 17.6 Å². The maximum atomic E-state index is 13.6. The fourth-order valence-corrected chi connectivity index (χ4v) is 6.22. The van der Waals surface area contributed by atoms with Crippen molar-refractivity contribution < 1.29 is 30.8 Å². The van der Waals surface area contributed by atoms with Gasteiger partial charge in [0, 0.05) is 18.5 Å². The zero-order valence-corrected chi connectivity index (χ0v) is 24.5. The van der Waals surface area contributed by atoms with Gasteiger partial charge >= 0.3 is 6.18 Å². The maximum absolute atomic E-state index is 13.6. The van der Waals surface area contributed by atoms with Crippen LogP contribution in [0.3, 0.4) is 0 Å². The number of benzene rings is 3. The number of sulfonamides is 1. The second-order valence-corrected chi connectivity index (χ2v) is 13.3. The van der Waals surface area contributed by atoms with E-state index in [1.807, 2.05) is 12.1 Å². The number of halogens is 4. The van der Waals surface area contributed by atoms with Crippen LogP contribution < -0.4 is 15.4 Å². The minimum Gasteiger partial charge on any atom is -0.349 e. The van der Waals surface area contributed by atoms with Gasteiger partial charge in [-0.3, -0.25) is 4.79 Å². The van der Waals surface area contributed by atoms with E-state index < -0.39 is 44.4 Å². The van der Waals surface area contributed by atoms with Crippen molar-refractivity contribution in [2.24, 2.45) is 0 Å². The van der Waals surface area contributed by atoms with Crippen LogP contribution in [0.15, 0.2) is 71.6 Å². The van der Waals surface area contributed by atoms with Crippen LogP contribution in [0.1, 0.15) is 79.9 Å². The summed E-state index contributed by atoms with van der Waals surface area (Å²) < 4.78 is 82.0. The zero-order chi connectivity index (χ0) is 30.7. The molecule has 0 aromatic heterocycles. The van der Waals surface area contributed by atoms with Gasteiger partial charge in [-0.15, -0.1) is 0 Å². The Labute approximate surface area is 244 Å². The average molecular weight is 606 g/mol. The third-order valence-electron chi connectivity index (χ3n) is 7.11. The lowest BCUT2D eigenvalue weighted by molar-refractivity contribution is -0.137. The van der Waals surface area contributed by atoms with Gasteiger partial charge in [0.1, 0.15) is 5.82 Å². The lowest BCUT2D eigenvalue weighted by Gasteiger charge is -2.28. The smallest absolute Gasteiger partial charge is 0.349 e. The van der Waals surface area contributed by atoms with Gasteiger partial charge in [0.05, 0.1) is 22.5 Å². The van der Waals surface area contributed by atoms with E-state index in [0.717, 1.165) is 59.9 Å². The first-order valence-corrected chi connectivity index (χ1v) is 15.2. The van der Waals surface area contributed by atoms with E-state index in [2.05, 4.69) is 42.2 Å². The van der Waals surface area contributed by atoms with Crippen LogP contribution in [0.25, 0.3) is 0 Å². The highest BCUT2D eigenvalue weighted by atomic mass is 32.2. The molecule has 1 aliphatic carbocycles. The van der Waals surface area contributed by atoms with Crippen LogP contribution in [-0.4, -0.2) is 19.9 Å². The molecule has 4 rings (SSSR count). The quantitative estimate of drug-likeness (QED) is 0.249. The lowest BCUT2D eigenvalue weighted by Crippen LogP contribution is -2.36. The highest BCUT2D eigenvalue weighted by Gasteiger charge is 2.33. The first-order valence-electron chi connectivity index (χ1n) is 13.7. The number of carbonyl (C=O) groups excluding carboxylic acids is 1. The average Bonchev–Trinajstić information content (AvgIpc) is 2.91. The van der Waals surface area contributed by atoms with Crippen molar-refractivity contribution >= 4 is 15.9 Å². The summed E-state index contributed by atoms with van der Waals surface area (Å²) in [5, 5.41) is 6.47. The lowest BCUT2D eigenvalue weighted by atomic mass is 9.86. The normalized spacial score (nSPS) is 16.5. The van der Waals surface area contributed by atoms with Gasteiger partial charge in [0.25, 0.3) is 0 Å². The number of aryl methyl sites for hydroxylation is 1. The Morgan fingerprint density at radius 3 is 2.38 bits per heavy atom. The highest BCUT2D eigenvalue weighted by molar-refractivity contribution is 7.89. The topological polar surface area (TPSA) is 87.3 Å². The van der Waals surface area contributed by atoms with Gasteiger partial charge in [-0.1, -0.05) is 36.4 Å². The first kappa shape index (κ1) is 31.7. The summed E-state index contributed by atoms with van der Waals surface area (Å²) in [5.74, 6) is -1.01. The summed E-state index contributed by atoms with van der Waals surface area (Å²) in [5.41, 5.74) is 2.42. The number of carbonyl (C=O) groups is 1. The van der Waals surface area contributed by atoms with Crippen LogP contribution in [0.2, 0.25) is 0 Å². The highest BCUT2D eigenvalue weighted by Crippen LogP contribution is 2.33. The van der Waals surface area contributed by atoms with Crippen molar-refractivity contribution in [1.29, 1.82) is 0 Å². The van der Waals surface area contributed by atoms with Gasteiger partial charge in [-0.2, -0.15) is 13.2 Å². The molecule has 6 nitrogen and oxygen atoms in total.